The Labute approximate surface area is 361 Å². The van der Waals surface area contributed by atoms with Crippen LogP contribution >= 0.6 is 0 Å². The summed E-state index contributed by atoms with van der Waals surface area (Å²) in [7, 11) is 0. The molecule has 15 nitrogen and oxygen atoms in total. The molecule has 0 fully saturated rings. The van der Waals surface area contributed by atoms with Crippen molar-refractivity contribution in [2.24, 2.45) is 22.2 Å². The maximum absolute atomic E-state index is 12.8. The van der Waals surface area contributed by atoms with Crippen LogP contribution in [0.1, 0.15) is 73.3 Å². The number of carbonyl (C=O) groups is 4. The molecule has 2 amide bonds. The predicted molar refractivity (Wildman–Crippen MR) is 234 cm³/mol. The highest BCUT2D eigenvalue weighted by Crippen LogP contribution is 2.40. The maximum atomic E-state index is 12.8. The largest absolute Gasteiger partial charge is 0.478 e. The Hall–Kier alpha value is -4.93. The number of esters is 1. The minimum absolute atomic E-state index is 0.0173. The summed E-state index contributed by atoms with van der Waals surface area (Å²) in [4.78, 5) is 54.0. The highest BCUT2D eigenvalue weighted by atomic mass is 16.6. The number of hydrogen-bond acceptors (Lipinski definition) is 12. The zero-order valence-electron chi connectivity index (χ0n) is 36.9. The first kappa shape index (κ1) is 52.2. The first-order valence-electron chi connectivity index (χ1n) is 20.8. The summed E-state index contributed by atoms with van der Waals surface area (Å²) < 4.78 is 21.8. The fourth-order valence-electron chi connectivity index (χ4n) is 6.21. The molecule has 0 unspecified atom stereocenters. The van der Waals surface area contributed by atoms with E-state index in [1.165, 1.54) is 0 Å². The second kappa shape index (κ2) is 28.6. The number of aliphatic carboxylic acids is 1. The second-order valence-electron chi connectivity index (χ2n) is 15.9. The number of amides is 2. The minimum Gasteiger partial charge on any atom is -0.478 e. The molecule has 0 saturated carbocycles. The van der Waals surface area contributed by atoms with Gasteiger partial charge in [0.2, 0.25) is 0 Å². The number of carboxylic acids is 1. The van der Waals surface area contributed by atoms with Gasteiger partial charge in [0, 0.05) is 18.7 Å². The first-order chi connectivity index (χ1) is 29.0. The lowest BCUT2D eigenvalue weighted by molar-refractivity contribution is -0.151. The van der Waals surface area contributed by atoms with Gasteiger partial charge in [-0.15, -0.1) is 0 Å². The number of rotatable bonds is 28. The van der Waals surface area contributed by atoms with E-state index in [2.05, 4.69) is 35.7 Å². The molecule has 1 aromatic rings. The molecule has 0 aromatic heterocycles. The monoisotopic (exact) mass is 852 g/mol. The summed E-state index contributed by atoms with van der Waals surface area (Å²) in [5, 5.41) is 29.0. The van der Waals surface area contributed by atoms with Crippen LogP contribution in [0.4, 0.5) is 0 Å². The fraction of sp³-hybridized carbons (Fsp3) is 0.543. The summed E-state index contributed by atoms with van der Waals surface area (Å²) in [6.45, 7) is 15.6. The number of aliphatic hydroxyl groups is 1. The van der Waals surface area contributed by atoms with Crippen molar-refractivity contribution in [3.8, 4) is 0 Å². The number of carboxylic acid groups (broad SMARTS) is 1. The molecule has 338 valence electrons. The SMILES string of the molecule is CC1=C(/C=C/C(C)=C/C=C/C(C)=C/C(=O)O)C(C)(C)CC/C1=N\OCC(=O)NCCOCCOCCOCCOC(=O)[C@H](CC(C)C)NC(=O)[C@@H](O)[C@H](N)Cc1ccccc1. The number of nitrogens with one attached hydrogen (secondary N) is 2. The van der Waals surface area contributed by atoms with Crippen molar-refractivity contribution in [1.82, 2.24) is 10.6 Å². The quantitative estimate of drug-likeness (QED) is 0.0254. The van der Waals surface area contributed by atoms with E-state index >= 15 is 0 Å². The molecule has 61 heavy (non-hydrogen) atoms. The maximum Gasteiger partial charge on any atom is 0.328 e. The summed E-state index contributed by atoms with van der Waals surface area (Å²) in [6.07, 6.45) is 11.5. The number of allylic oxidation sites excluding steroid dienone is 9. The van der Waals surface area contributed by atoms with Crippen LogP contribution in [-0.4, -0.2) is 117 Å². The van der Waals surface area contributed by atoms with E-state index in [0.717, 1.165) is 46.9 Å². The summed E-state index contributed by atoms with van der Waals surface area (Å²) in [5.41, 5.74) is 11.5. The number of aliphatic hydroxyl groups excluding tert-OH is 1. The normalized spacial score (nSPS) is 16.9. The van der Waals surface area contributed by atoms with Crippen molar-refractivity contribution in [2.75, 3.05) is 59.4 Å². The number of ether oxygens (including phenoxy) is 4. The Morgan fingerprint density at radius 3 is 2.21 bits per heavy atom. The summed E-state index contributed by atoms with van der Waals surface area (Å²) >= 11 is 0. The van der Waals surface area contributed by atoms with E-state index in [1.54, 1.807) is 13.0 Å². The van der Waals surface area contributed by atoms with Gasteiger partial charge >= 0.3 is 11.9 Å². The lowest BCUT2D eigenvalue weighted by Gasteiger charge is -2.33. The van der Waals surface area contributed by atoms with Gasteiger partial charge in [0.05, 0.1) is 45.4 Å². The van der Waals surface area contributed by atoms with E-state index in [0.29, 0.717) is 44.8 Å². The van der Waals surface area contributed by atoms with Gasteiger partial charge in [0.1, 0.15) is 18.8 Å². The first-order valence-corrected chi connectivity index (χ1v) is 20.8. The standard InChI is InChI=1S/C46H68N4O11/c1-32(2)28-40(49-44(55)43(54)38(47)30-36-14-9-8-10-15-36)45(56)60-27-26-59-25-24-58-23-22-57-21-20-48-41(51)31-61-50-39-18-19-46(6,7)37(35(39)5)17-16-33(3)12-11-13-34(4)29-42(52)53/h8-17,29,32,38,40,43,54H,18-28,30-31,47H2,1-7H3,(H,48,51)(H,49,55)(H,52,53)/b13-11+,17-16+,33-12+,34-29+,50-39+/t38-,40+,43+/m1/s1. The molecular weight excluding hydrogens is 785 g/mol. The van der Waals surface area contributed by atoms with E-state index in [1.807, 2.05) is 76.3 Å². The second-order valence-corrected chi connectivity index (χ2v) is 15.9. The Kier molecular flexibility index (Phi) is 24.5. The Morgan fingerprint density at radius 1 is 0.934 bits per heavy atom. The highest BCUT2D eigenvalue weighted by molar-refractivity contribution is 6.01. The van der Waals surface area contributed by atoms with Crippen LogP contribution in [0.3, 0.4) is 0 Å². The highest BCUT2D eigenvalue weighted by Gasteiger charge is 2.31. The van der Waals surface area contributed by atoms with E-state index in [9.17, 15) is 24.3 Å². The third kappa shape index (κ3) is 21.9. The van der Waals surface area contributed by atoms with Crippen molar-refractivity contribution in [2.45, 2.75) is 92.3 Å². The molecule has 0 saturated heterocycles. The van der Waals surface area contributed by atoms with Gasteiger partial charge in [0.25, 0.3) is 11.8 Å². The van der Waals surface area contributed by atoms with Crippen molar-refractivity contribution in [3.05, 3.63) is 94.6 Å². The van der Waals surface area contributed by atoms with Crippen molar-refractivity contribution in [3.63, 3.8) is 0 Å². The molecule has 0 bridgehead atoms. The predicted octanol–water partition coefficient (Wildman–Crippen LogP) is 4.76. The lowest BCUT2D eigenvalue weighted by atomic mass is 9.72. The van der Waals surface area contributed by atoms with Crippen molar-refractivity contribution in [1.29, 1.82) is 0 Å². The zero-order chi connectivity index (χ0) is 45.2. The van der Waals surface area contributed by atoms with Crippen LogP contribution in [0.15, 0.2) is 94.2 Å². The molecular formula is C46H68N4O11. The van der Waals surface area contributed by atoms with Gasteiger partial charge in [0.15, 0.2) is 6.61 Å². The summed E-state index contributed by atoms with van der Waals surface area (Å²) in [6, 6.07) is 7.51. The third-order valence-electron chi connectivity index (χ3n) is 9.59. The molecule has 0 spiro atoms. The molecule has 0 aliphatic heterocycles. The molecule has 1 aliphatic carbocycles. The van der Waals surface area contributed by atoms with Crippen molar-refractivity contribution >= 4 is 29.5 Å². The minimum atomic E-state index is -1.49. The molecule has 0 radical (unpaired) electrons. The van der Waals surface area contributed by atoms with Gasteiger partial charge < -0.3 is 50.4 Å². The topological polar surface area (TPSA) is 217 Å². The number of benzene rings is 1. The van der Waals surface area contributed by atoms with Gasteiger partial charge in [-0.05, 0) is 80.1 Å². The number of oxime groups is 1. The number of nitrogens with zero attached hydrogens (tertiary/aromatic N) is 1. The van der Waals surface area contributed by atoms with Crippen LogP contribution in [0.25, 0.3) is 0 Å². The summed E-state index contributed by atoms with van der Waals surface area (Å²) in [5.74, 6) is -2.56. The molecule has 6 N–H and O–H groups in total. The third-order valence-corrected chi connectivity index (χ3v) is 9.59. The van der Waals surface area contributed by atoms with Crippen LogP contribution < -0.4 is 16.4 Å². The van der Waals surface area contributed by atoms with E-state index < -0.39 is 36.0 Å². The van der Waals surface area contributed by atoms with Gasteiger partial charge in [-0.25, -0.2) is 9.59 Å². The average molecular weight is 853 g/mol. The molecule has 2 rings (SSSR count). The number of nitrogens with two attached hydrogens (primary N) is 1. The van der Waals surface area contributed by atoms with Gasteiger partial charge in [-0.3, -0.25) is 9.59 Å². The van der Waals surface area contributed by atoms with Crippen LogP contribution in [0.5, 0.6) is 0 Å². The molecule has 3 atom stereocenters. The molecule has 0 heterocycles. The molecule has 15 heteroatoms. The Morgan fingerprint density at radius 2 is 1.57 bits per heavy atom. The molecule has 1 aliphatic rings. The fourth-order valence-corrected chi connectivity index (χ4v) is 6.21. The van der Waals surface area contributed by atoms with Crippen LogP contribution in [0, 0.1) is 11.3 Å². The number of hydrogen-bond donors (Lipinski definition) is 5. The van der Waals surface area contributed by atoms with Crippen molar-refractivity contribution < 1.29 is 53.2 Å². The Bertz CT molecular complexity index is 1730. The van der Waals surface area contributed by atoms with Gasteiger partial charge in [-0.2, -0.15) is 0 Å². The van der Waals surface area contributed by atoms with Gasteiger partial charge in [-0.1, -0.05) is 99.1 Å². The molecule has 1 aromatic carbocycles. The van der Waals surface area contributed by atoms with E-state index in [4.69, 9.17) is 34.6 Å². The number of carbonyl (C=O) groups excluding carboxylic acids is 3. The van der Waals surface area contributed by atoms with Crippen LogP contribution in [-0.2, 0) is 49.4 Å². The Balaban J connectivity index is 1.59. The average Bonchev–Trinajstić information content (AvgIpc) is 3.19. The zero-order valence-corrected chi connectivity index (χ0v) is 36.9. The van der Waals surface area contributed by atoms with E-state index in [-0.39, 0.29) is 50.3 Å². The smallest absolute Gasteiger partial charge is 0.328 e. The lowest BCUT2D eigenvalue weighted by Crippen LogP contribution is -2.52. The van der Waals surface area contributed by atoms with Crippen LogP contribution in [0.2, 0.25) is 0 Å².